The van der Waals surface area contributed by atoms with Crippen molar-refractivity contribution in [1.82, 2.24) is 19.9 Å². The molecule has 9 nitrogen and oxygen atoms in total. The molecule has 1 fully saturated rings. The summed E-state index contributed by atoms with van der Waals surface area (Å²) in [6.07, 6.45) is 4.05. The highest BCUT2D eigenvalue weighted by atomic mass is 32.1. The van der Waals surface area contributed by atoms with Crippen LogP contribution in [-0.2, 0) is 4.74 Å². The van der Waals surface area contributed by atoms with E-state index in [9.17, 15) is 14.4 Å². The van der Waals surface area contributed by atoms with E-state index in [1.54, 1.807) is 0 Å². The SMILES string of the molecule is O=NC(c1ccc(F)c(-c2ncnc3cc(N4CCOCC4)sc23)c1)c1nccnc1O. The average Bonchev–Trinajstić information content (AvgIpc) is 3.27. The maximum atomic E-state index is 14.9. The van der Waals surface area contributed by atoms with Crippen molar-refractivity contribution in [3.05, 3.63) is 65.0 Å². The summed E-state index contributed by atoms with van der Waals surface area (Å²) in [6.45, 7) is 2.85. The second-order valence-corrected chi connectivity index (χ2v) is 8.16. The van der Waals surface area contributed by atoms with Crippen LogP contribution in [0.1, 0.15) is 17.3 Å². The third-order valence-corrected chi connectivity index (χ3v) is 6.44. The van der Waals surface area contributed by atoms with Gasteiger partial charge in [0.1, 0.15) is 17.8 Å². The van der Waals surface area contributed by atoms with Crippen LogP contribution in [0.3, 0.4) is 0 Å². The number of thiophene rings is 1. The Kier molecular flexibility index (Phi) is 5.41. The molecule has 162 valence electrons. The largest absolute Gasteiger partial charge is 0.492 e. The van der Waals surface area contributed by atoms with Crippen LogP contribution in [0.2, 0.25) is 0 Å². The third kappa shape index (κ3) is 3.65. The van der Waals surface area contributed by atoms with E-state index < -0.39 is 17.7 Å². The first kappa shape index (κ1) is 20.3. The Bertz CT molecular complexity index is 1290. The summed E-state index contributed by atoms with van der Waals surface area (Å²) in [5, 5.41) is 14.1. The number of ether oxygens (including phenoxy) is 1. The van der Waals surface area contributed by atoms with E-state index in [2.05, 4.69) is 30.0 Å². The Hall–Kier alpha value is -3.57. The van der Waals surface area contributed by atoms with Gasteiger partial charge in [0.15, 0.2) is 6.04 Å². The lowest BCUT2D eigenvalue weighted by Crippen LogP contribution is -2.35. The monoisotopic (exact) mass is 452 g/mol. The summed E-state index contributed by atoms with van der Waals surface area (Å²) in [4.78, 5) is 30.3. The number of benzene rings is 1. The fraction of sp³-hybridized carbons (Fsp3) is 0.238. The topological polar surface area (TPSA) is 114 Å². The van der Waals surface area contributed by atoms with Gasteiger partial charge in [-0.15, -0.1) is 16.2 Å². The zero-order chi connectivity index (χ0) is 22.1. The molecule has 4 heterocycles. The molecule has 0 radical (unpaired) electrons. The lowest BCUT2D eigenvalue weighted by atomic mass is 10.00. The first-order valence-electron chi connectivity index (χ1n) is 9.85. The number of aromatic hydroxyl groups is 1. The zero-order valence-electron chi connectivity index (χ0n) is 16.7. The number of halogens is 1. The molecular weight excluding hydrogens is 435 g/mol. The van der Waals surface area contributed by atoms with Crippen molar-refractivity contribution in [3.63, 3.8) is 0 Å². The van der Waals surface area contributed by atoms with E-state index >= 15 is 0 Å². The molecule has 3 aromatic heterocycles. The summed E-state index contributed by atoms with van der Waals surface area (Å²) in [7, 11) is 0. The maximum absolute atomic E-state index is 14.9. The van der Waals surface area contributed by atoms with Crippen molar-refractivity contribution in [2.45, 2.75) is 6.04 Å². The summed E-state index contributed by atoms with van der Waals surface area (Å²) < 4.78 is 21.1. The van der Waals surface area contributed by atoms with E-state index in [-0.39, 0.29) is 11.3 Å². The fourth-order valence-electron chi connectivity index (χ4n) is 3.67. The van der Waals surface area contributed by atoms with Gasteiger partial charge in [-0.2, -0.15) is 0 Å². The van der Waals surface area contributed by atoms with Crippen LogP contribution in [0.15, 0.2) is 48.2 Å². The molecule has 32 heavy (non-hydrogen) atoms. The number of rotatable bonds is 5. The van der Waals surface area contributed by atoms with Gasteiger partial charge in [-0.05, 0) is 23.8 Å². The van der Waals surface area contributed by atoms with E-state index in [0.717, 1.165) is 22.8 Å². The summed E-state index contributed by atoms with van der Waals surface area (Å²) in [6, 6.07) is 5.01. The van der Waals surface area contributed by atoms with Crippen molar-refractivity contribution in [2.24, 2.45) is 5.18 Å². The van der Waals surface area contributed by atoms with Crippen LogP contribution in [0.4, 0.5) is 9.39 Å². The molecule has 0 amide bonds. The smallest absolute Gasteiger partial charge is 0.235 e. The van der Waals surface area contributed by atoms with Crippen molar-refractivity contribution < 1.29 is 14.2 Å². The predicted molar refractivity (Wildman–Crippen MR) is 117 cm³/mol. The normalized spacial score (nSPS) is 15.1. The molecule has 1 saturated heterocycles. The lowest BCUT2D eigenvalue weighted by Gasteiger charge is -2.27. The van der Waals surface area contributed by atoms with Gasteiger partial charge in [0.2, 0.25) is 5.88 Å². The van der Waals surface area contributed by atoms with Crippen LogP contribution in [0, 0.1) is 10.7 Å². The molecule has 1 atom stereocenters. The number of nitrogens with zero attached hydrogens (tertiary/aromatic N) is 6. The Labute approximate surface area is 185 Å². The Morgan fingerprint density at radius 1 is 1.12 bits per heavy atom. The molecule has 1 unspecified atom stereocenters. The van der Waals surface area contributed by atoms with Crippen molar-refractivity contribution in [1.29, 1.82) is 0 Å². The predicted octanol–water partition coefficient (Wildman–Crippen LogP) is 3.69. The van der Waals surface area contributed by atoms with Crippen molar-refractivity contribution >= 4 is 26.6 Å². The minimum absolute atomic E-state index is 0.00128. The van der Waals surface area contributed by atoms with Crippen molar-refractivity contribution in [3.8, 4) is 17.1 Å². The number of fused-ring (bicyclic) bond motifs is 1. The molecule has 0 bridgehead atoms. The first-order valence-corrected chi connectivity index (χ1v) is 10.7. The van der Waals surface area contributed by atoms with Crippen LogP contribution in [0.5, 0.6) is 5.88 Å². The van der Waals surface area contributed by atoms with Crippen molar-refractivity contribution in [2.75, 3.05) is 31.2 Å². The van der Waals surface area contributed by atoms with E-state index in [0.29, 0.717) is 30.0 Å². The second-order valence-electron chi connectivity index (χ2n) is 7.13. The molecular formula is C21H17FN6O3S. The van der Waals surface area contributed by atoms with Gasteiger partial charge >= 0.3 is 0 Å². The van der Waals surface area contributed by atoms with Crippen LogP contribution in [-0.4, -0.2) is 51.3 Å². The minimum Gasteiger partial charge on any atom is -0.492 e. The quantitative estimate of drug-likeness (QED) is 0.456. The second kappa shape index (κ2) is 8.52. The number of hydrogen-bond acceptors (Lipinski definition) is 10. The molecule has 0 saturated carbocycles. The molecule has 5 rings (SSSR count). The number of aromatic nitrogens is 4. The number of nitroso groups, excluding NO2 is 1. The summed E-state index contributed by atoms with van der Waals surface area (Å²) in [5.74, 6) is -0.899. The van der Waals surface area contributed by atoms with Crippen LogP contribution in [0.25, 0.3) is 21.5 Å². The third-order valence-electron chi connectivity index (χ3n) is 5.25. The van der Waals surface area contributed by atoms with Gasteiger partial charge in [0.05, 0.1) is 34.1 Å². The van der Waals surface area contributed by atoms with E-state index in [1.807, 2.05) is 6.07 Å². The average molecular weight is 452 g/mol. The highest BCUT2D eigenvalue weighted by molar-refractivity contribution is 7.23. The first-order chi connectivity index (χ1) is 15.7. The molecule has 1 aromatic carbocycles. The molecule has 1 N–H and O–H groups in total. The molecule has 0 spiro atoms. The van der Waals surface area contributed by atoms with E-state index in [1.165, 1.54) is 48.3 Å². The summed E-state index contributed by atoms with van der Waals surface area (Å²) in [5.41, 5.74) is 1.71. The number of anilines is 1. The zero-order valence-corrected chi connectivity index (χ0v) is 17.5. The Morgan fingerprint density at radius 3 is 2.72 bits per heavy atom. The fourth-order valence-corrected chi connectivity index (χ4v) is 4.84. The summed E-state index contributed by atoms with van der Waals surface area (Å²) >= 11 is 1.48. The molecule has 0 aliphatic carbocycles. The van der Waals surface area contributed by atoms with Gasteiger partial charge in [-0.1, -0.05) is 11.2 Å². The number of hydrogen-bond donors (Lipinski definition) is 1. The van der Waals surface area contributed by atoms with E-state index in [4.69, 9.17) is 4.74 Å². The van der Waals surface area contributed by atoms with Crippen LogP contribution < -0.4 is 4.90 Å². The van der Waals surface area contributed by atoms with Gasteiger partial charge in [-0.3, -0.25) is 4.98 Å². The lowest BCUT2D eigenvalue weighted by molar-refractivity contribution is 0.123. The number of morpholine rings is 1. The van der Waals surface area contributed by atoms with Gasteiger partial charge in [0.25, 0.3) is 0 Å². The van der Waals surface area contributed by atoms with Gasteiger partial charge in [-0.25, -0.2) is 19.3 Å². The molecule has 1 aliphatic rings. The van der Waals surface area contributed by atoms with Gasteiger partial charge in [0, 0.05) is 31.0 Å². The molecule has 4 aromatic rings. The van der Waals surface area contributed by atoms with Crippen LogP contribution >= 0.6 is 11.3 Å². The molecule has 11 heteroatoms. The Balaban J connectivity index is 1.60. The minimum atomic E-state index is -1.15. The highest BCUT2D eigenvalue weighted by Crippen LogP contribution is 2.39. The highest BCUT2D eigenvalue weighted by Gasteiger charge is 2.24. The maximum Gasteiger partial charge on any atom is 0.235 e. The standard InChI is InChI=1S/C21H17FN6O3S/c22-14-2-1-12(17(27-30)19-21(29)24-4-3-23-19)9-13(14)18-20-15(25-11-26-18)10-16(32-20)28-5-7-31-8-6-28/h1-4,9-11,17H,5-8H2,(H,24,29). The molecule has 1 aliphatic heterocycles. The Morgan fingerprint density at radius 2 is 1.94 bits per heavy atom. The van der Waals surface area contributed by atoms with Gasteiger partial charge < -0.3 is 14.7 Å².